The van der Waals surface area contributed by atoms with Gasteiger partial charge in [-0.15, -0.1) is 11.8 Å². The fourth-order valence-corrected chi connectivity index (χ4v) is 7.50. The van der Waals surface area contributed by atoms with E-state index in [9.17, 15) is 9.90 Å². The Hall–Kier alpha value is -3.68. The first kappa shape index (κ1) is 33.7. The average Bonchev–Trinajstić information content (AvgIpc) is 3.15. The first-order valence-electron chi connectivity index (χ1n) is 16.0. The Labute approximate surface area is 278 Å². The maximum absolute atomic E-state index is 14.3. The second-order valence-corrected chi connectivity index (χ2v) is 15.7. The molecule has 6 nitrogen and oxygen atoms in total. The van der Waals surface area contributed by atoms with E-state index in [4.69, 9.17) is 9.47 Å². The SMILES string of the molecule is COc1ccc([C@@H]2Sc3c(ccc4ccccc34)N(CCN(C)C)C[C@@H]2OC(=O)c2cc(C(C)(C)C)c(O)c(C(C)(C)C)c2)cc1. The summed E-state index contributed by atoms with van der Waals surface area (Å²) >= 11 is 1.76. The van der Waals surface area contributed by atoms with Gasteiger partial charge in [-0.1, -0.05) is 84.0 Å². The van der Waals surface area contributed by atoms with Crippen LogP contribution >= 0.6 is 11.8 Å². The molecule has 4 aromatic carbocycles. The number of anilines is 1. The third kappa shape index (κ3) is 7.16. The highest BCUT2D eigenvalue weighted by molar-refractivity contribution is 8.00. The van der Waals surface area contributed by atoms with Crippen molar-refractivity contribution >= 4 is 34.2 Å². The van der Waals surface area contributed by atoms with Crippen LogP contribution in [0.5, 0.6) is 11.5 Å². The van der Waals surface area contributed by atoms with Crippen LogP contribution in [0.2, 0.25) is 0 Å². The second-order valence-electron chi connectivity index (χ2n) is 14.6. The summed E-state index contributed by atoms with van der Waals surface area (Å²) < 4.78 is 12.1. The Bertz CT molecular complexity index is 1670. The quantitative estimate of drug-likeness (QED) is 0.203. The fraction of sp³-hybridized carbons (Fsp3) is 0.410. The van der Waals surface area contributed by atoms with Crippen LogP contribution < -0.4 is 9.64 Å². The number of phenolic OH excluding ortho intramolecular Hbond substituents is 1. The van der Waals surface area contributed by atoms with Crippen molar-refractivity contribution in [2.24, 2.45) is 0 Å². The van der Waals surface area contributed by atoms with E-state index in [1.807, 2.05) is 24.3 Å². The number of thioether (sulfide) groups is 1. The molecule has 0 unspecified atom stereocenters. The van der Waals surface area contributed by atoms with Gasteiger partial charge in [0.25, 0.3) is 0 Å². The lowest BCUT2D eigenvalue weighted by Crippen LogP contribution is -2.40. The predicted molar refractivity (Wildman–Crippen MR) is 191 cm³/mol. The molecular weight excluding hydrogens is 593 g/mol. The van der Waals surface area contributed by atoms with Crippen molar-refractivity contribution in [3.8, 4) is 11.5 Å². The number of aromatic hydroxyl groups is 1. The van der Waals surface area contributed by atoms with Gasteiger partial charge >= 0.3 is 5.97 Å². The molecule has 244 valence electrons. The minimum absolute atomic E-state index is 0.176. The summed E-state index contributed by atoms with van der Waals surface area (Å²) in [6.07, 6.45) is -0.468. The van der Waals surface area contributed by atoms with Crippen LogP contribution in [0.4, 0.5) is 5.69 Å². The normalized spacial score (nSPS) is 17.1. The van der Waals surface area contributed by atoms with Crippen LogP contribution in [0.25, 0.3) is 10.8 Å². The molecule has 0 spiro atoms. The molecule has 0 radical (unpaired) electrons. The van der Waals surface area contributed by atoms with Crippen molar-refractivity contribution in [1.82, 2.24) is 4.90 Å². The predicted octanol–water partition coefficient (Wildman–Crippen LogP) is 8.59. The number of esters is 1. The van der Waals surface area contributed by atoms with Crippen LogP contribution in [-0.2, 0) is 15.6 Å². The lowest BCUT2D eigenvalue weighted by atomic mass is 9.78. The Morgan fingerprint density at radius 3 is 2.15 bits per heavy atom. The number of carbonyl (C=O) groups is 1. The maximum atomic E-state index is 14.3. The molecule has 0 fully saturated rings. The van der Waals surface area contributed by atoms with E-state index in [0.717, 1.165) is 41.2 Å². The van der Waals surface area contributed by atoms with Crippen molar-refractivity contribution in [1.29, 1.82) is 0 Å². The highest BCUT2D eigenvalue weighted by Gasteiger charge is 2.36. The summed E-state index contributed by atoms with van der Waals surface area (Å²) in [5, 5.41) is 13.5. The number of hydrogen-bond acceptors (Lipinski definition) is 7. The van der Waals surface area contributed by atoms with Crippen molar-refractivity contribution < 1.29 is 19.4 Å². The first-order valence-corrected chi connectivity index (χ1v) is 16.9. The highest BCUT2D eigenvalue weighted by atomic mass is 32.2. The van der Waals surface area contributed by atoms with E-state index in [-0.39, 0.29) is 27.8 Å². The number of phenols is 1. The molecule has 0 bridgehead atoms. The standard InChI is InChI=1S/C39H48N2O4S/c1-38(2,3)30-22-27(23-31(34(30)42)39(4,5)6)37(43)45-33-24-41(21-20-40(7)8)32-19-16-25-12-10-11-13-29(25)36(32)46-35(33)26-14-17-28(44-9)18-15-26/h10-19,22-23,33,35,42H,20-21,24H2,1-9H3/t33-,35-/m0/s1. The fourth-order valence-electron chi connectivity index (χ4n) is 6.03. The van der Waals surface area contributed by atoms with Gasteiger partial charge in [-0.3, -0.25) is 0 Å². The zero-order valence-electron chi connectivity index (χ0n) is 28.7. The van der Waals surface area contributed by atoms with Crippen LogP contribution in [0, 0.1) is 0 Å². The number of carbonyl (C=O) groups excluding carboxylic acids is 1. The van der Waals surface area contributed by atoms with Crippen LogP contribution in [-0.4, -0.2) is 62.9 Å². The summed E-state index contributed by atoms with van der Waals surface area (Å²) in [6.45, 7) is 14.5. The Morgan fingerprint density at radius 2 is 1.57 bits per heavy atom. The number of nitrogens with zero attached hydrogens (tertiary/aromatic N) is 2. The smallest absolute Gasteiger partial charge is 0.338 e. The van der Waals surface area contributed by atoms with Gasteiger partial charge in [0.1, 0.15) is 17.6 Å². The summed E-state index contributed by atoms with van der Waals surface area (Å²) in [4.78, 5) is 20.0. The molecule has 4 aromatic rings. The number of benzene rings is 4. The van der Waals surface area contributed by atoms with E-state index in [2.05, 4.69) is 114 Å². The van der Waals surface area contributed by atoms with Gasteiger partial charge in [0.2, 0.25) is 0 Å². The molecule has 1 aliphatic heterocycles. The third-order valence-electron chi connectivity index (χ3n) is 8.66. The topological polar surface area (TPSA) is 62.2 Å². The van der Waals surface area contributed by atoms with Crippen molar-refractivity contribution in [2.75, 3.05) is 45.7 Å². The van der Waals surface area contributed by atoms with Crippen molar-refractivity contribution in [3.63, 3.8) is 0 Å². The number of likely N-dealkylation sites (N-methyl/N-ethyl adjacent to an activating group) is 1. The molecule has 0 saturated carbocycles. The highest BCUT2D eigenvalue weighted by Crippen LogP contribution is 2.49. The van der Waals surface area contributed by atoms with E-state index >= 15 is 0 Å². The van der Waals surface area contributed by atoms with Crippen molar-refractivity contribution in [2.45, 2.75) is 68.6 Å². The molecule has 0 aliphatic carbocycles. The lowest BCUT2D eigenvalue weighted by Gasteiger charge is -2.31. The van der Waals surface area contributed by atoms with Crippen molar-refractivity contribution in [3.05, 3.63) is 95.1 Å². The Morgan fingerprint density at radius 1 is 0.935 bits per heavy atom. The molecule has 46 heavy (non-hydrogen) atoms. The van der Waals surface area contributed by atoms with E-state index < -0.39 is 6.10 Å². The van der Waals surface area contributed by atoms with Gasteiger partial charge in [-0.05, 0) is 71.6 Å². The zero-order valence-corrected chi connectivity index (χ0v) is 29.5. The van der Waals surface area contributed by atoms with E-state index in [1.54, 1.807) is 18.9 Å². The number of fused-ring (bicyclic) bond motifs is 3. The summed E-state index contributed by atoms with van der Waals surface area (Å²) in [5.74, 6) is 0.640. The summed E-state index contributed by atoms with van der Waals surface area (Å²) in [7, 11) is 5.83. The number of methoxy groups -OCH3 is 1. The summed E-state index contributed by atoms with van der Waals surface area (Å²) in [5.41, 5.74) is 3.41. The van der Waals surface area contributed by atoms with Gasteiger partial charge in [0.15, 0.2) is 0 Å². The molecule has 0 amide bonds. The third-order valence-corrected chi connectivity index (χ3v) is 10.2. The van der Waals surface area contributed by atoms with Gasteiger partial charge in [0.05, 0.1) is 30.2 Å². The lowest BCUT2D eigenvalue weighted by molar-refractivity contribution is 0.0311. The Balaban J connectivity index is 1.63. The molecule has 1 heterocycles. The zero-order chi connectivity index (χ0) is 33.4. The molecule has 5 rings (SSSR count). The number of rotatable bonds is 7. The largest absolute Gasteiger partial charge is 0.507 e. The van der Waals surface area contributed by atoms with Crippen LogP contribution in [0.15, 0.2) is 77.7 Å². The van der Waals surface area contributed by atoms with Gasteiger partial charge in [-0.25, -0.2) is 4.79 Å². The summed E-state index contributed by atoms with van der Waals surface area (Å²) in [6, 6.07) is 24.6. The van der Waals surface area contributed by atoms with Crippen LogP contribution in [0.1, 0.15) is 73.8 Å². The minimum Gasteiger partial charge on any atom is -0.507 e. The minimum atomic E-state index is -0.468. The monoisotopic (exact) mass is 640 g/mol. The van der Waals surface area contributed by atoms with E-state index in [1.165, 1.54) is 15.7 Å². The van der Waals surface area contributed by atoms with E-state index in [0.29, 0.717) is 12.1 Å². The van der Waals surface area contributed by atoms with Gasteiger partial charge < -0.3 is 24.4 Å². The van der Waals surface area contributed by atoms with Crippen LogP contribution in [0.3, 0.4) is 0 Å². The van der Waals surface area contributed by atoms with Gasteiger partial charge in [-0.2, -0.15) is 0 Å². The average molecular weight is 641 g/mol. The molecule has 0 saturated heterocycles. The second kappa shape index (κ2) is 13.2. The number of ether oxygens (including phenoxy) is 2. The number of hydrogen-bond donors (Lipinski definition) is 1. The molecule has 0 aromatic heterocycles. The molecular formula is C39H48N2O4S. The van der Waals surface area contributed by atoms with Gasteiger partial charge in [0, 0.05) is 29.1 Å². The molecule has 1 aliphatic rings. The molecule has 1 N–H and O–H groups in total. The molecule has 2 atom stereocenters. The first-order chi connectivity index (χ1) is 21.7. The Kier molecular flexibility index (Phi) is 9.67. The molecule has 7 heteroatoms. The maximum Gasteiger partial charge on any atom is 0.338 e.